The van der Waals surface area contributed by atoms with Crippen LogP contribution in [0.1, 0.15) is 0 Å². The number of rotatable bonds is 1. The van der Waals surface area contributed by atoms with Gasteiger partial charge in [0.2, 0.25) is 11.3 Å². The molecule has 98 valence electrons. The summed E-state index contributed by atoms with van der Waals surface area (Å²) >= 11 is 4.97. The Labute approximate surface area is 123 Å². The molecular formula is C14H12BrNO2S. The van der Waals surface area contributed by atoms with Gasteiger partial charge in [-0.2, -0.15) is 4.57 Å². The van der Waals surface area contributed by atoms with E-state index < -0.39 is 0 Å². The van der Waals surface area contributed by atoms with Gasteiger partial charge in [-0.3, -0.25) is 0 Å². The van der Waals surface area contributed by atoms with Gasteiger partial charge in [0.05, 0.1) is 5.56 Å². The SMILES string of the molecule is C[n+]1cc(O)sc1-c1cccc2c(Br)cccc12.[OH-]. The summed E-state index contributed by atoms with van der Waals surface area (Å²) in [6, 6.07) is 12.4. The molecule has 0 spiro atoms. The summed E-state index contributed by atoms with van der Waals surface area (Å²) in [6.07, 6.45) is 1.73. The Hall–Kier alpha value is -1.43. The van der Waals surface area contributed by atoms with E-state index in [4.69, 9.17) is 0 Å². The maximum atomic E-state index is 9.61. The van der Waals surface area contributed by atoms with Crippen LogP contribution in [0.5, 0.6) is 5.06 Å². The van der Waals surface area contributed by atoms with Gasteiger partial charge in [0.15, 0.2) is 0 Å². The van der Waals surface area contributed by atoms with Gasteiger partial charge in [-0.25, -0.2) is 0 Å². The minimum absolute atomic E-state index is 0. The number of hydrogen-bond donors (Lipinski definition) is 1. The number of aromatic nitrogens is 1. The number of thiazole rings is 1. The Morgan fingerprint density at radius 1 is 1.11 bits per heavy atom. The molecule has 0 saturated carbocycles. The molecule has 3 nitrogen and oxygen atoms in total. The summed E-state index contributed by atoms with van der Waals surface area (Å²) in [4.78, 5) is 0. The molecule has 0 fully saturated rings. The predicted molar refractivity (Wildman–Crippen MR) is 79.7 cm³/mol. The van der Waals surface area contributed by atoms with Crippen molar-refractivity contribution >= 4 is 38.0 Å². The van der Waals surface area contributed by atoms with Gasteiger partial charge in [0.1, 0.15) is 7.05 Å². The van der Waals surface area contributed by atoms with Crippen molar-refractivity contribution in [3.8, 4) is 15.6 Å². The van der Waals surface area contributed by atoms with Crippen molar-refractivity contribution in [1.29, 1.82) is 0 Å². The molecule has 0 aliphatic carbocycles. The first-order valence-electron chi connectivity index (χ1n) is 5.53. The van der Waals surface area contributed by atoms with Crippen LogP contribution < -0.4 is 4.57 Å². The van der Waals surface area contributed by atoms with Gasteiger partial charge in [0, 0.05) is 4.47 Å². The fourth-order valence-corrected chi connectivity index (χ4v) is 3.52. The van der Waals surface area contributed by atoms with Gasteiger partial charge in [-0.1, -0.05) is 40.2 Å². The lowest BCUT2D eigenvalue weighted by Crippen LogP contribution is -2.26. The van der Waals surface area contributed by atoms with Crippen molar-refractivity contribution in [2.24, 2.45) is 7.05 Å². The van der Waals surface area contributed by atoms with E-state index in [1.54, 1.807) is 6.20 Å². The van der Waals surface area contributed by atoms with Crippen molar-refractivity contribution in [2.45, 2.75) is 0 Å². The fourth-order valence-electron chi connectivity index (χ4n) is 2.12. The lowest BCUT2D eigenvalue weighted by molar-refractivity contribution is -0.656. The zero-order valence-corrected chi connectivity index (χ0v) is 12.6. The standard InChI is InChI=1S/C14H10BrNOS.H2O/c1-16-8-13(17)18-14(16)11-6-2-5-10-9(11)4-3-7-12(10)15;/h2-8H,1H3;1H2. The average molecular weight is 338 g/mol. The number of hydrogen-bond acceptors (Lipinski definition) is 3. The maximum Gasteiger partial charge on any atom is 0.272 e. The van der Waals surface area contributed by atoms with E-state index in [0.29, 0.717) is 5.06 Å². The third kappa shape index (κ3) is 2.36. The molecule has 5 heteroatoms. The number of aryl methyl sites for hydroxylation is 1. The first-order chi connectivity index (χ1) is 8.66. The first-order valence-corrected chi connectivity index (χ1v) is 7.14. The molecule has 0 saturated heterocycles. The van der Waals surface area contributed by atoms with Crippen molar-refractivity contribution < 1.29 is 15.1 Å². The minimum atomic E-state index is 0. The molecule has 3 aromatic rings. The zero-order chi connectivity index (χ0) is 12.7. The summed E-state index contributed by atoms with van der Waals surface area (Å²) in [6.45, 7) is 0. The van der Waals surface area contributed by atoms with Crippen LogP contribution in [0, 0.1) is 0 Å². The van der Waals surface area contributed by atoms with E-state index in [1.807, 2.05) is 29.8 Å². The first kappa shape index (κ1) is 14.0. The molecule has 0 aliphatic heterocycles. The van der Waals surface area contributed by atoms with E-state index in [0.717, 1.165) is 15.0 Å². The van der Waals surface area contributed by atoms with E-state index >= 15 is 0 Å². The number of halogens is 1. The third-order valence-corrected chi connectivity index (χ3v) is 4.63. The molecule has 1 aromatic heterocycles. The molecule has 3 rings (SSSR count). The summed E-state index contributed by atoms with van der Waals surface area (Å²) in [5, 5.41) is 13.4. The largest absolute Gasteiger partial charge is 0.870 e. The Morgan fingerprint density at radius 3 is 2.47 bits per heavy atom. The molecule has 2 aromatic carbocycles. The van der Waals surface area contributed by atoms with Crippen molar-refractivity contribution in [3.63, 3.8) is 0 Å². The number of fused-ring (bicyclic) bond motifs is 1. The van der Waals surface area contributed by atoms with Crippen LogP contribution in [0.2, 0.25) is 0 Å². The van der Waals surface area contributed by atoms with Gasteiger partial charge in [-0.05, 0) is 34.2 Å². The van der Waals surface area contributed by atoms with Gasteiger partial charge < -0.3 is 10.6 Å². The van der Waals surface area contributed by atoms with Crippen molar-refractivity contribution in [2.75, 3.05) is 0 Å². The summed E-state index contributed by atoms with van der Waals surface area (Å²) < 4.78 is 3.04. The molecule has 0 bridgehead atoms. The van der Waals surface area contributed by atoms with E-state index in [-0.39, 0.29) is 5.48 Å². The summed E-state index contributed by atoms with van der Waals surface area (Å²) in [5.74, 6) is 0. The minimum Gasteiger partial charge on any atom is -0.870 e. The Morgan fingerprint density at radius 2 is 1.79 bits per heavy atom. The predicted octanol–water partition coefficient (Wildman–Crippen LogP) is 3.68. The monoisotopic (exact) mass is 337 g/mol. The van der Waals surface area contributed by atoms with Gasteiger partial charge in [-0.15, -0.1) is 0 Å². The van der Waals surface area contributed by atoms with Gasteiger partial charge in [0.25, 0.3) is 5.01 Å². The number of benzene rings is 2. The molecule has 0 amide bonds. The van der Waals surface area contributed by atoms with E-state index in [2.05, 4.69) is 34.1 Å². The Bertz CT molecular complexity index is 739. The van der Waals surface area contributed by atoms with Crippen LogP contribution in [0.4, 0.5) is 0 Å². The van der Waals surface area contributed by atoms with Crippen LogP contribution in [-0.2, 0) is 7.05 Å². The van der Waals surface area contributed by atoms with Crippen LogP contribution in [0.3, 0.4) is 0 Å². The quantitative estimate of drug-likeness (QED) is 0.688. The van der Waals surface area contributed by atoms with Crippen LogP contribution in [0.25, 0.3) is 21.3 Å². The summed E-state index contributed by atoms with van der Waals surface area (Å²) in [5.41, 5.74) is 1.14. The topological polar surface area (TPSA) is 54.1 Å². The lowest BCUT2D eigenvalue weighted by atomic mass is 10.1. The second-order valence-corrected chi connectivity index (χ2v) is 5.99. The highest BCUT2D eigenvalue weighted by Crippen LogP contribution is 2.34. The highest BCUT2D eigenvalue weighted by molar-refractivity contribution is 9.10. The maximum absolute atomic E-state index is 9.61. The molecule has 1 heterocycles. The van der Waals surface area contributed by atoms with E-state index in [9.17, 15) is 5.11 Å². The van der Waals surface area contributed by atoms with Gasteiger partial charge >= 0.3 is 0 Å². The summed E-state index contributed by atoms with van der Waals surface area (Å²) in [7, 11) is 1.95. The molecule has 0 atom stereocenters. The normalized spacial score (nSPS) is 10.4. The smallest absolute Gasteiger partial charge is 0.272 e. The molecule has 2 N–H and O–H groups in total. The molecule has 19 heavy (non-hydrogen) atoms. The number of aromatic hydroxyl groups is 1. The van der Waals surface area contributed by atoms with Crippen molar-refractivity contribution in [1.82, 2.24) is 0 Å². The molecular weight excluding hydrogens is 326 g/mol. The Kier molecular flexibility index (Phi) is 3.89. The average Bonchev–Trinajstić information content (AvgIpc) is 2.68. The number of nitrogens with zero attached hydrogens (tertiary/aromatic N) is 1. The van der Waals surface area contributed by atoms with Crippen LogP contribution >= 0.6 is 27.3 Å². The molecule has 0 unspecified atom stereocenters. The molecule has 0 radical (unpaired) electrons. The fraction of sp³-hybridized carbons (Fsp3) is 0.0714. The second-order valence-electron chi connectivity index (χ2n) is 4.13. The Balaban J connectivity index is 0.00000133. The highest BCUT2D eigenvalue weighted by atomic mass is 79.9. The van der Waals surface area contributed by atoms with Crippen LogP contribution in [0.15, 0.2) is 47.1 Å². The van der Waals surface area contributed by atoms with Crippen LogP contribution in [-0.4, -0.2) is 10.6 Å². The second kappa shape index (κ2) is 5.28. The lowest BCUT2D eigenvalue weighted by Gasteiger charge is -2.03. The molecule has 0 aliphatic rings. The van der Waals surface area contributed by atoms with E-state index in [1.165, 1.54) is 22.1 Å². The zero-order valence-electron chi connectivity index (χ0n) is 10.2. The highest BCUT2D eigenvalue weighted by Gasteiger charge is 2.18. The van der Waals surface area contributed by atoms with Crippen molar-refractivity contribution in [3.05, 3.63) is 47.1 Å². The third-order valence-electron chi connectivity index (χ3n) is 2.92.